The Morgan fingerprint density at radius 1 is 1.08 bits per heavy atom. The molecule has 0 saturated heterocycles. The van der Waals surface area contributed by atoms with Crippen LogP contribution in [0.5, 0.6) is 0 Å². The molecule has 37 heavy (non-hydrogen) atoms. The SMILES string of the molecule is Cc1ccccc1NC(=O)Nc1ccc(CC(=O)NC(CC(C)C)c2coc(CCC(=O)O)n2)cc1F. The van der Waals surface area contributed by atoms with Crippen LogP contribution in [0.15, 0.2) is 53.1 Å². The first-order valence-corrected chi connectivity index (χ1v) is 12.0. The van der Waals surface area contributed by atoms with Gasteiger partial charge < -0.3 is 25.5 Å². The van der Waals surface area contributed by atoms with Crippen molar-refractivity contribution in [1.29, 1.82) is 0 Å². The van der Waals surface area contributed by atoms with Gasteiger partial charge in [-0.05, 0) is 48.6 Å². The van der Waals surface area contributed by atoms with E-state index < -0.39 is 23.9 Å². The van der Waals surface area contributed by atoms with Gasteiger partial charge in [0.15, 0.2) is 5.89 Å². The quantitative estimate of drug-likeness (QED) is 0.279. The Labute approximate surface area is 214 Å². The number of carbonyl (C=O) groups excluding carboxylic acids is 2. The first kappa shape index (κ1) is 27.4. The minimum absolute atomic E-state index is 0.00980. The zero-order valence-corrected chi connectivity index (χ0v) is 21.0. The van der Waals surface area contributed by atoms with Gasteiger partial charge in [-0.1, -0.05) is 38.1 Å². The number of para-hydroxylation sites is 1. The number of hydrogen-bond acceptors (Lipinski definition) is 5. The normalized spacial score (nSPS) is 11.7. The number of aliphatic carboxylic acids is 1. The molecule has 0 radical (unpaired) electrons. The van der Waals surface area contributed by atoms with Gasteiger partial charge in [0.1, 0.15) is 17.8 Å². The molecule has 196 valence electrons. The maximum atomic E-state index is 14.7. The molecule has 0 fully saturated rings. The molecule has 3 rings (SSSR count). The number of aromatic nitrogens is 1. The second kappa shape index (κ2) is 12.7. The van der Waals surface area contributed by atoms with Crippen molar-refractivity contribution >= 4 is 29.3 Å². The van der Waals surface area contributed by atoms with Crippen molar-refractivity contribution in [3.05, 3.63) is 77.3 Å². The molecule has 4 N–H and O–H groups in total. The minimum atomic E-state index is -0.952. The summed E-state index contributed by atoms with van der Waals surface area (Å²) in [6.45, 7) is 5.85. The lowest BCUT2D eigenvalue weighted by Crippen LogP contribution is -2.31. The van der Waals surface area contributed by atoms with Gasteiger partial charge >= 0.3 is 12.0 Å². The largest absolute Gasteiger partial charge is 0.481 e. The number of benzene rings is 2. The zero-order chi connectivity index (χ0) is 26.9. The van der Waals surface area contributed by atoms with E-state index in [2.05, 4.69) is 20.9 Å². The van der Waals surface area contributed by atoms with Crippen LogP contribution < -0.4 is 16.0 Å². The van der Waals surface area contributed by atoms with Crippen molar-refractivity contribution in [2.75, 3.05) is 10.6 Å². The van der Waals surface area contributed by atoms with Crippen LogP contribution in [-0.2, 0) is 22.4 Å². The van der Waals surface area contributed by atoms with Crippen LogP contribution in [0.2, 0.25) is 0 Å². The molecule has 1 unspecified atom stereocenters. The number of oxazole rings is 1. The monoisotopic (exact) mass is 510 g/mol. The standard InChI is InChI=1S/C27H31FN4O5/c1-16(2)12-22(23-15-37-25(30-23)10-11-26(34)35)29-24(33)14-18-8-9-21(19(28)13-18)32-27(36)31-20-7-5-4-6-17(20)3/h4-9,13,15-16,22H,10-12,14H2,1-3H3,(H,29,33)(H,34,35)(H2,31,32,36). The molecule has 0 aliphatic rings. The number of amides is 3. The van der Waals surface area contributed by atoms with Crippen LogP contribution >= 0.6 is 0 Å². The Morgan fingerprint density at radius 2 is 1.81 bits per heavy atom. The van der Waals surface area contributed by atoms with Crippen LogP contribution in [0.3, 0.4) is 0 Å². The van der Waals surface area contributed by atoms with E-state index >= 15 is 0 Å². The third-order valence-corrected chi connectivity index (χ3v) is 5.56. The number of nitrogens with one attached hydrogen (secondary N) is 3. The molecule has 10 heteroatoms. The summed E-state index contributed by atoms with van der Waals surface area (Å²) in [5.41, 5.74) is 2.42. The summed E-state index contributed by atoms with van der Waals surface area (Å²) < 4.78 is 20.0. The van der Waals surface area contributed by atoms with Crippen molar-refractivity contribution in [2.45, 2.75) is 52.5 Å². The number of hydrogen-bond donors (Lipinski definition) is 4. The van der Waals surface area contributed by atoms with Crippen LogP contribution in [0, 0.1) is 18.7 Å². The molecule has 1 heterocycles. The molecule has 0 bridgehead atoms. The summed E-state index contributed by atoms with van der Waals surface area (Å²) in [5, 5.41) is 16.9. The Bertz CT molecular complexity index is 1260. The first-order valence-electron chi connectivity index (χ1n) is 12.0. The average Bonchev–Trinajstić information content (AvgIpc) is 3.29. The summed E-state index contributed by atoms with van der Waals surface area (Å²) in [4.78, 5) is 40.2. The van der Waals surface area contributed by atoms with Gasteiger partial charge in [0.2, 0.25) is 5.91 Å². The molecular weight excluding hydrogens is 479 g/mol. The first-order chi connectivity index (χ1) is 17.6. The highest BCUT2D eigenvalue weighted by Gasteiger charge is 2.21. The van der Waals surface area contributed by atoms with Gasteiger partial charge in [0, 0.05) is 12.1 Å². The number of carboxylic acids is 1. The van der Waals surface area contributed by atoms with E-state index in [1.807, 2.05) is 32.9 Å². The summed E-state index contributed by atoms with van der Waals surface area (Å²) >= 11 is 0. The minimum Gasteiger partial charge on any atom is -0.481 e. The van der Waals surface area contributed by atoms with Crippen molar-refractivity contribution < 1.29 is 28.3 Å². The van der Waals surface area contributed by atoms with Gasteiger partial charge in [-0.25, -0.2) is 14.2 Å². The van der Waals surface area contributed by atoms with E-state index in [0.29, 0.717) is 23.4 Å². The van der Waals surface area contributed by atoms with E-state index in [1.165, 1.54) is 18.4 Å². The van der Waals surface area contributed by atoms with E-state index in [4.69, 9.17) is 9.52 Å². The molecule has 0 spiro atoms. The summed E-state index contributed by atoms with van der Waals surface area (Å²) in [6.07, 6.45) is 1.98. The predicted molar refractivity (Wildman–Crippen MR) is 137 cm³/mol. The number of halogens is 1. The number of carboxylic acid groups (broad SMARTS) is 1. The predicted octanol–water partition coefficient (Wildman–Crippen LogP) is 5.23. The van der Waals surface area contributed by atoms with Gasteiger partial charge in [-0.2, -0.15) is 0 Å². The highest BCUT2D eigenvalue weighted by molar-refractivity contribution is 6.00. The third kappa shape index (κ3) is 8.45. The molecule has 0 aliphatic carbocycles. The molecule has 3 amide bonds. The van der Waals surface area contributed by atoms with Gasteiger partial charge in [0.05, 0.1) is 24.6 Å². The lowest BCUT2D eigenvalue weighted by Gasteiger charge is -2.18. The van der Waals surface area contributed by atoms with E-state index in [0.717, 1.165) is 5.56 Å². The maximum Gasteiger partial charge on any atom is 0.323 e. The number of aryl methyl sites for hydroxylation is 2. The second-order valence-electron chi connectivity index (χ2n) is 9.19. The Kier molecular flexibility index (Phi) is 9.37. The van der Waals surface area contributed by atoms with Crippen molar-refractivity contribution in [3.63, 3.8) is 0 Å². The number of carbonyl (C=O) groups is 3. The Hall–Kier alpha value is -4.21. The molecule has 2 aromatic carbocycles. The van der Waals surface area contributed by atoms with E-state index in [-0.39, 0.29) is 42.7 Å². The molecule has 0 saturated carbocycles. The smallest absolute Gasteiger partial charge is 0.323 e. The summed E-state index contributed by atoms with van der Waals surface area (Å²) in [6, 6.07) is 10.4. The number of rotatable bonds is 11. The van der Waals surface area contributed by atoms with E-state index in [9.17, 15) is 18.8 Å². The summed E-state index contributed by atoms with van der Waals surface area (Å²) in [7, 11) is 0. The molecule has 9 nitrogen and oxygen atoms in total. The lowest BCUT2D eigenvalue weighted by atomic mass is 10.0. The number of anilines is 2. The zero-order valence-electron chi connectivity index (χ0n) is 21.0. The molecular formula is C27H31FN4O5. The average molecular weight is 511 g/mol. The highest BCUT2D eigenvalue weighted by Crippen LogP contribution is 2.23. The molecule has 0 aliphatic heterocycles. The third-order valence-electron chi connectivity index (χ3n) is 5.56. The fourth-order valence-corrected chi connectivity index (χ4v) is 3.73. The van der Waals surface area contributed by atoms with Crippen LogP contribution in [0.1, 0.15) is 55.4 Å². The van der Waals surface area contributed by atoms with Gasteiger partial charge in [-0.3, -0.25) is 9.59 Å². The maximum absolute atomic E-state index is 14.7. The van der Waals surface area contributed by atoms with Gasteiger partial charge in [-0.15, -0.1) is 0 Å². The fourth-order valence-electron chi connectivity index (χ4n) is 3.73. The number of urea groups is 1. The van der Waals surface area contributed by atoms with Crippen molar-refractivity contribution in [2.24, 2.45) is 5.92 Å². The topological polar surface area (TPSA) is 134 Å². The lowest BCUT2D eigenvalue weighted by molar-refractivity contribution is -0.137. The Morgan fingerprint density at radius 3 is 2.49 bits per heavy atom. The van der Waals surface area contributed by atoms with Gasteiger partial charge in [0.25, 0.3) is 0 Å². The van der Waals surface area contributed by atoms with Crippen LogP contribution in [-0.4, -0.2) is 28.0 Å². The Balaban J connectivity index is 1.61. The van der Waals surface area contributed by atoms with E-state index in [1.54, 1.807) is 18.2 Å². The molecule has 1 atom stereocenters. The number of nitrogens with zero attached hydrogens (tertiary/aromatic N) is 1. The van der Waals surface area contributed by atoms with Crippen molar-refractivity contribution in [3.8, 4) is 0 Å². The van der Waals surface area contributed by atoms with Crippen molar-refractivity contribution in [1.82, 2.24) is 10.3 Å². The molecule has 1 aromatic heterocycles. The van der Waals surface area contributed by atoms with Crippen LogP contribution in [0.25, 0.3) is 0 Å². The second-order valence-corrected chi connectivity index (χ2v) is 9.19. The fraction of sp³-hybridized carbons (Fsp3) is 0.333. The molecule has 3 aromatic rings. The van der Waals surface area contributed by atoms with Crippen LogP contribution in [0.4, 0.5) is 20.6 Å². The highest BCUT2D eigenvalue weighted by atomic mass is 19.1. The summed E-state index contributed by atoms with van der Waals surface area (Å²) in [5.74, 6) is -1.43.